The molecular formula is C10H13BrO2S. The van der Waals surface area contributed by atoms with E-state index in [-0.39, 0.29) is 0 Å². The second-order valence-corrected chi connectivity index (χ2v) is 5.44. The maximum Gasteiger partial charge on any atom is 0.110 e. The molecule has 14 heavy (non-hydrogen) atoms. The summed E-state index contributed by atoms with van der Waals surface area (Å²) in [4.78, 5) is 0. The standard InChI is InChI=1S/C10H13BrO2S/c1-10(3-2-4-13-10)9(12)7-5-14-6-8(7)11/h5-6,9,12H,2-4H2,1H3. The van der Waals surface area contributed by atoms with Crippen molar-refractivity contribution in [1.29, 1.82) is 0 Å². The van der Waals surface area contributed by atoms with Crippen molar-refractivity contribution in [3.8, 4) is 0 Å². The van der Waals surface area contributed by atoms with Crippen LogP contribution in [0.5, 0.6) is 0 Å². The van der Waals surface area contributed by atoms with E-state index in [4.69, 9.17) is 4.74 Å². The number of hydrogen-bond acceptors (Lipinski definition) is 3. The normalized spacial score (nSPS) is 29.4. The monoisotopic (exact) mass is 276 g/mol. The van der Waals surface area contributed by atoms with Crippen molar-refractivity contribution < 1.29 is 9.84 Å². The molecule has 2 nitrogen and oxygen atoms in total. The zero-order chi connectivity index (χ0) is 10.2. The van der Waals surface area contributed by atoms with Crippen LogP contribution >= 0.6 is 27.3 Å². The minimum atomic E-state index is -0.523. The molecule has 0 bridgehead atoms. The van der Waals surface area contributed by atoms with Crippen LogP contribution in [0.2, 0.25) is 0 Å². The van der Waals surface area contributed by atoms with Crippen molar-refractivity contribution in [3.63, 3.8) is 0 Å². The van der Waals surface area contributed by atoms with Gasteiger partial charge >= 0.3 is 0 Å². The van der Waals surface area contributed by atoms with E-state index in [2.05, 4.69) is 15.9 Å². The van der Waals surface area contributed by atoms with Crippen LogP contribution in [0, 0.1) is 0 Å². The zero-order valence-corrected chi connectivity index (χ0v) is 10.4. The van der Waals surface area contributed by atoms with Gasteiger partial charge in [0.05, 0.1) is 5.60 Å². The van der Waals surface area contributed by atoms with E-state index in [1.54, 1.807) is 11.3 Å². The molecule has 0 spiro atoms. The van der Waals surface area contributed by atoms with Crippen LogP contribution in [-0.2, 0) is 4.74 Å². The predicted molar refractivity (Wildman–Crippen MR) is 60.6 cm³/mol. The van der Waals surface area contributed by atoms with Gasteiger partial charge in [0.1, 0.15) is 6.10 Å². The van der Waals surface area contributed by atoms with Crippen molar-refractivity contribution in [2.75, 3.05) is 6.61 Å². The number of halogens is 1. The van der Waals surface area contributed by atoms with Gasteiger partial charge in [-0.3, -0.25) is 0 Å². The Labute approximate surface area is 96.0 Å². The summed E-state index contributed by atoms with van der Waals surface area (Å²) in [5.74, 6) is 0. The van der Waals surface area contributed by atoms with Gasteiger partial charge in [0.25, 0.3) is 0 Å². The highest BCUT2D eigenvalue weighted by atomic mass is 79.9. The Kier molecular flexibility index (Phi) is 2.98. The Morgan fingerprint density at radius 1 is 1.64 bits per heavy atom. The average molecular weight is 277 g/mol. The van der Waals surface area contributed by atoms with Gasteiger partial charge in [0.2, 0.25) is 0 Å². The minimum absolute atomic E-state index is 0.399. The van der Waals surface area contributed by atoms with Crippen molar-refractivity contribution in [2.45, 2.75) is 31.5 Å². The first-order valence-corrected chi connectivity index (χ1v) is 6.41. The molecule has 0 radical (unpaired) electrons. The van der Waals surface area contributed by atoms with Gasteiger partial charge in [-0.25, -0.2) is 0 Å². The Morgan fingerprint density at radius 3 is 2.93 bits per heavy atom. The van der Waals surface area contributed by atoms with E-state index >= 15 is 0 Å². The zero-order valence-electron chi connectivity index (χ0n) is 8.00. The van der Waals surface area contributed by atoms with Gasteiger partial charge in [-0.2, -0.15) is 11.3 Å². The summed E-state index contributed by atoms with van der Waals surface area (Å²) in [6.07, 6.45) is 1.44. The molecule has 1 aliphatic rings. The van der Waals surface area contributed by atoms with E-state index in [1.165, 1.54) is 0 Å². The third-order valence-corrected chi connectivity index (χ3v) is 4.52. The number of ether oxygens (including phenoxy) is 1. The van der Waals surface area contributed by atoms with Crippen LogP contribution in [0.1, 0.15) is 31.4 Å². The summed E-state index contributed by atoms with van der Waals surface area (Å²) < 4.78 is 6.59. The van der Waals surface area contributed by atoms with Gasteiger partial charge in [0.15, 0.2) is 0 Å². The summed E-state index contributed by atoms with van der Waals surface area (Å²) in [5, 5.41) is 14.2. The average Bonchev–Trinajstić information content (AvgIpc) is 2.74. The summed E-state index contributed by atoms with van der Waals surface area (Å²) >= 11 is 5.02. The van der Waals surface area contributed by atoms with Crippen molar-refractivity contribution >= 4 is 27.3 Å². The summed E-state index contributed by atoms with van der Waals surface area (Å²) in [5.41, 5.74) is 0.545. The van der Waals surface area contributed by atoms with Crippen LogP contribution in [0.3, 0.4) is 0 Å². The lowest BCUT2D eigenvalue weighted by molar-refractivity contribution is -0.0797. The lowest BCUT2D eigenvalue weighted by Crippen LogP contribution is -2.31. The Hall–Kier alpha value is 0.1000. The molecule has 0 aliphatic carbocycles. The van der Waals surface area contributed by atoms with Crippen LogP contribution in [0.4, 0.5) is 0 Å². The first kappa shape index (κ1) is 10.6. The molecule has 1 N–H and O–H groups in total. The van der Waals surface area contributed by atoms with Crippen LogP contribution in [-0.4, -0.2) is 17.3 Å². The Balaban J connectivity index is 2.23. The fraction of sp³-hybridized carbons (Fsp3) is 0.600. The van der Waals surface area contributed by atoms with Gasteiger partial charge in [-0.15, -0.1) is 0 Å². The van der Waals surface area contributed by atoms with E-state index in [9.17, 15) is 5.11 Å². The number of hydrogen-bond donors (Lipinski definition) is 1. The second kappa shape index (κ2) is 3.93. The molecule has 2 atom stereocenters. The first-order valence-electron chi connectivity index (χ1n) is 4.67. The highest BCUT2D eigenvalue weighted by Gasteiger charge is 2.39. The van der Waals surface area contributed by atoms with Gasteiger partial charge in [-0.1, -0.05) is 0 Å². The molecule has 1 aromatic rings. The predicted octanol–water partition coefficient (Wildman–Crippen LogP) is 3.11. The van der Waals surface area contributed by atoms with E-state index < -0.39 is 11.7 Å². The van der Waals surface area contributed by atoms with Crippen LogP contribution in [0.25, 0.3) is 0 Å². The highest BCUT2D eigenvalue weighted by molar-refractivity contribution is 9.10. The van der Waals surface area contributed by atoms with E-state index in [0.717, 1.165) is 29.5 Å². The maximum atomic E-state index is 10.2. The van der Waals surface area contributed by atoms with Gasteiger partial charge in [0, 0.05) is 22.0 Å². The molecule has 4 heteroatoms. The fourth-order valence-electron chi connectivity index (χ4n) is 1.83. The molecule has 78 valence electrons. The molecule has 1 aromatic heterocycles. The smallest absolute Gasteiger partial charge is 0.110 e. The highest BCUT2D eigenvalue weighted by Crippen LogP contribution is 2.40. The minimum Gasteiger partial charge on any atom is -0.385 e. The molecule has 2 unspecified atom stereocenters. The van der Waals surface area contributed by atoms with E-state index in [1.807, 2.05) is 17.7 Å². The Morgan fingerprint density at radius 2 is 2.43 bits per heavy atom. The molecular weight excluding hydrogens is 264 g/mol. The summed E-state index contributed by atoms with van der Waals surface area (Å²) in [6, 6.07) is 0. The lowest BCUT2D eigenvalue weighted by Gasteiger charge is -2.29. The van der Waals surface area contributed by atoms with Crippen molar-refractivity contribution in [2.24, 2.45) is 0 Å². The maximum absolute atomic E-state index is 10.2. The summed E-state index contributed by atoms with van der Waals surface area (Å²) in [7, 11) is 0. The molecule has 0 saturated carbocycles. The van der Waals surface area contributed by atoms with Crippen LogP contribution < -0.4 is 0 Å². The number of aliphatic hydroxyl groups is 1. The topological polar surface area (TPSA) is 29.5 Å². The molecule has 0 amide bonds. The quantitative estimate of drug-likeness (QED) is 0.900. The number of rotatable bonds is 2. The van der Waals surface area contributed by atoms with Crippen molar-refractivity contribution in [3.05, 3.63) is 20.8 Å². The van der Waals surface area contributed by atoms with Crippen molar-refractivity contribution in [1.82, 2.24) is 0 Å². The second-order valence-electron chi connectivity index (χ2n) is 3.84. The summed E-state index contributed by atoms with van der Waals surface area (Å²) in [6.45, 7) is 2.74. The fourth-order valence-corrected chi connectivity index (χ4v) is 3.36. The first-order chi connectivity index (χ1) is 6.63. The molecule has 2 rings (SSSR count). The van der Waals surface area contributed by atoms with E-state index in [0.29, 0.717) is 0 Å². The van der Waals surface area contributed by atoms with Gasteiger partial charge < -0.3 is 9.84 Å². The molecule has 1 aliphatic heterocycles. The number of aliphatic hydroxyl groups excluding tert-OH is 1. The molecule has 0 aromatic carbocycles. The van der Waals surface area contributed by atoms with Crippen LogP contribution in [0.15, 0.2) is 15.2 Å². The molecule has 1 fully saturated rings. The van der Waals surface area contributed by atoms with Gasteiger partial charge in [-0.05, 0) is 41.1 Å². The largest absolute Gasteiger partial charge is 0.385 e. The molecule has 1 saturated heterocycles. The third kappa shape index (κ3) is 1.76. The lowest BCUT2D eigenvalue weighted by atomic mass is 9.92. The SMILES string of the molecule is CC1(C(O)c2cscc2Br)CCCO1. The molecule has 2 heterocycles. The number of thiophene rings is 1. The third-order valence-electron chi connectivity index (χ3n) is 2.76. The Bertz CT molecular complexity index is 318.